The van der Waals surface area contributed by atoms with Crippen molar-refractivity contribution in [1.82, 2.24) is 5.43 Å². The average Bonchev–Trinajstić information content (AvgIpc) is 2.82. The Morgan fingerprint density at radius 3 is 2.33 bits per heavy atom. The fourth-order valence-corrected chi connectivity index (χ4v) is 3.20. The fraction of sp³-hybridized carbons (Fsp3) is 0.440. The van der Waals surface area contributed by atoms with E-state index in [9.17, 15) is 14.9 Å². The molecular weight excluding hydrogens is 422 g/mol. The Labute approximate surface area is 195 Å². The van der Waals surface area contributed by atoms with Crippen molar-refractivity contribution in [3.8, 4) is 11.5 Å². The molecule has 0 aliphatic heterocycles. The summed E-state index contributed by atoms with van der Waals surface area (Å²) in [7, 11) is 0. The smallest absolute Gasteiger partial charge is 0.271 e. The highest BCUT2D eigenvalue weighted by Crippen LogP contribution is 2.28. The highest BCUT2D eigenvalue weighted by atomic mass is 16.6. The third kappa shape index (κ3) is 9.31. The SMILES string of the molecule is CCCCCCCCCOc1ccc(/C=N/NC(=O)c2ccc([N+](=O)[O-])cc2)cc1OCC. The minimum Gasteiger partial charge on any atom is -0.490 e. The number of amides is 1. The number of non-ortho nitro benzene ring substituents is 1. The van der Waals surface area contributed by atoms with Crippen LogP contribution >= 0.6 is 0 Å². The molecule has 0 saturated heterocycles. The summed E-state index contributed by atoms with van der Waals surface area (Å²) in [4.78, 5) is 22.3. The lowest BCUT2D eigenvalue weighted by Crippen LogP contribution is -2.17. The number of ether oxygens (including phenoxy) is 2. The van der Waals surface area contributed by atoms with Crippen LogP contribution in [0.25, 0.3) is 0 Å². The zero-order valence-corrected chi connectivity index (χ0v) is 19.4. The third-order valence-electron chi connectivity index (χ3n) is 4.99. The maximum absolute atomic E-state index is 12.1. The van der Waals surface area contributed by atoms with Gasteiger partial charge in [0.1, 0.15) is 0 Å². The van der Waals surface area contributed by atoms with E-state index in [0.29, 0.717) is 24.7 Å². The number of nitro benzene ring substituents is 1. The van der Waals surface area contributed by atoms with Crippen LogP contribution in [0.2, 0.25) is 0 Å². The summed E-state index contributed by atoms with van der Waals surface area (Å²) < 4.78 is 11.6. The van der Waals surface area contributed by atoms with Crippen LogP contribution in [0.5, 0.6) is 11.5 Å². The van der Waals surface area contributed by atoms with Gasteiger partial charge in [-0.2, -0.15) is 5.10 Å². The molecular formula is C25H33N3O5. The van der Waals surface area contributed by atoms with Gasteiger partial charge in [0.05, 0.1) is 24.4 Å². The lowest BCUT2D eigenvalue weighted by atomic mass is 10.1. The first-order valence-electron chi connectivity index (χ1n) is 11.5. The van der Waals surface area contributed by atoms with Gasteiger partial charge in [-0.15, -0.1) is 0 Å². The van der Waals surface area contributed by atoms with Crippen molar-refractivity contribution < 1.29 is 19.2 Å². The maximum Gasteiger partial charge on any atom is 0.271 e. The molecule has 2 aromatic rings. The van der Waals surface area contributed by atoms with Gasteiger partial charge in [0.15, 0.2) is 11.5 Å². The summed E-state index contributed by atoms with van der Waals surface area (Å²) in [5.41, 5.74) is 3.36. The zero-order chi connectivity index (χ0) is 23.9. The quantitative estimate of drug-likeness (QED) is 0.156. The molecule has 0 fully saturated rings. The van der Waals surface area contributed by atoms with Gasteiger partial charge in [-0.1, -0.05) is 45.4 Å². The van der Waals surface area contributed by atoms with Crippen LogP contribution in [0.1, 0.15) is 74.7 Å². The van der Waals surface area contributed by atoms with Crippen LogP contribution < -0.4 is 14.9 Å². The van der Waals surface area contributed by atoms with E-state index in [4.69, 9.17) is 9.47 Å². The van der Waals surface area contributed by atoms with Crippen molar-refractivity contribution in [2.45, 2.75) is 58.8 Å². The van der Waals surface area contributed by atoms with E-state index in [1.807, 2.05) is 25.1 Å². The van der Waals surface area contributed by atoms with Crippen molar-refractivity contribution in [1.29, 1.82) is 0 Å². The number of hydrogen-bond donors (Lipinski definition) is 1. The molecule has 0 atom stereocenters. The number of carbonyl (C=O) groups excluding carboxylic acids is 1. The molecule has 178 valence electrons. The van der Waals surface area contributed by atoms with E-state index in [-0.39, 0.29) is 11.3 Å². The molecule has 0 aliphatic rings. The number of hydrazone groups is 1. The molecule has 0 saturated carbocycles. The highest BCUT2D eigenvalue weighted by molar-refractivity contribution is 5.95. The Hall–Kier alpha value is -3.42. The molecule has 0 bridgehead atoms. The molecule has 0 heterocycles. The Morgan fingerprint density at radius 1 is 0.970 bits per heavy atom. The lowest BCUT2D eigenvalue weighted by molar-refractivity contribution is -0.384. The van der Waals surface area contributed by atoms with Gasteiger partial charge in [0.25, 0.3) is 11.6 Å². The number of nitrogens with one attached hydrogen (secondary N) is 1. The monoisotopic (exact) mass is 455 g/mol. The second kappa shape index (κ2) is 14.6. The van der Waals surface area contributed by atoms with E-state index in [2.05, 4.69) is 17.5 Å². The van der Waals surface area contributed by atoms with Gasteiger partial charge in [-0.25, -0.2) is 5.43 Å². The first-order valence-corrected chi connectivity index (χ1v) is 11.5. The Balaban J connectivity index is 1.86. The van der Waals surface area contributed by atoms with Gasteiger partial charge in [0, 0.05) is 17.7 Å². The number of carbonyl (C=O) groups is 1. The van der Waals surface area contributed by atoms with Crippen molar-refractivity contribution in [3.05, 3.63) is 63.7 Å². The molecule has 0 aromatic heterocycles. The third-order valence-corrected chi connectivity index (χ3v) is 4.99. The van der Waals surface area contributed by atoms with Gasteiger partial charge < -0.3 is 9.47 Å². The molecule has 33 heavy (non-hydrogen) atoms. The van der Waals surface area contributed by atoms with E-state index >= 15 is 0 Å². The number of rotatable bonds is 15. The van der Waals surface area contributed by atoms with Crippen molar-refractivity contribution in [2.24, 2.45) is 5.10 Å². The number of nitro groups is 1. The number of unbranched alkanes of at least 4 members (excludes halogenated alkanes) is 6. The number of hydrogen-bond acceptors (Lipinski definition) is 6. The predicted molar refractivity (Wildman–Crippen MR) is 129 cm³/mol. The Morgan fingerprint density at radius 2 is 1.67 bits per heavy atom. The van der Waals surface area contributed by atoms with Crippen molar-refractivity contribution in [3.63, 3.8) is 0 Å². The van der Waals surface area contributed by atoms with Crippen LogP contribution in [0.3, 0.4) is 0 Å². The minimum absolute atomic E-state index is 0.0761. The van der Waals surface area contributed by atoms with Gasteiger partial charge in [-0.05, 0) is 49.2 Å². The molecule has 0 radical (unpaired) electrons. The summed E-state index contributed by atoms with van der Waals surface area (Å²) in [5, 5.41) is 14.7. The van der Waals surface area contributed by atoms with Crippen LogP contribution in [0.4, 0.5) is 5.69 Å². The predicted octanol–water partition coefficient (Wildman–Crippen LogP) is 5.89. The normalized spacial score (nSPS) is 10.8. The molecule has 1 amide bonds. The van der Waals surface area contributed by atoms with E-state index in [1.54, 1.807) is 0 Å². The molecule has 2 aromatic carbocycles. The highest BCUT2D eigenvalue weighted by Gasteiger charge is 2.09. The van der Waals surface area contributed by atoms with E-state index in [1.165, 1.54) is 62.6 Å². The first kappa shape index (κ1) is 25.8. The zero-order valence-electron chi connectivity index (χ0n) is 19.4. The van der Waals surface area contributed by atoms with E-state index in [0.717, 1.165) is 18.4 Å². The minimum atomic E-state index is -0.516. The number of benzene rings is 2. The fourth-order valence-electron chi connectivity index (χ4n) is 3.20. The molecule has 1 N–H and O–H groups in total. The van der Waals surface area contributed by atoms with Gasteiger partial charge >= 0.3 is 0 Å². The van der Waals surface area contributed by atoms with Gasteiger partial charge in [0.2, 0.25) is 0 Å². The number of nitrogens with zero attached hydrogens (tertiary/aromatic N) is 2. The molecule has 2 rings (SSSR count). The average molecular weight is 456 g/mol. The lowest BCUT2D eigenvalue weighted by Gasteiger charge is -2.12. The Bertz CT molecular complexity index is 913. The largest absolute Gasteiger partial charge is 0.490 e. The van der Waals surface area contributed by atoms with Crippen LogP contribution in [0, 0.1) is 10.1 Å². The van der Waals surface area contributed by atoms with Crippen molar-refractivity contribution in [2.75, 3.05) is 13.2 Å². The molecule has 0 spiro atoms. The van der Waals surface area contributed by atoms with Crippen LogP contribution in [0.15, 0.2) is 47.6 Å². The standard InChI is InChI=1S/C25H33N3O5/c1-3-5-6-7-8-9-10-17-33-23-16-11-20(18-24(23)32-4-2)19-26-27-25(29)21-12-14-22(15-13-21)28(30)31/h11-16,18-19H,3-10,17H2,1-2H3,(H,27,29)/b26-19+. The van der Waals surface area contributed by atoms with Crippen molar-refractivity contribution >= 4 is 17.8 Å². The van der Waals surface area contributed by atoms with E-state index < -0.39 is 10.8 Å². The maximum atomic E-state index is 12.1. The second-order valence-corrected chi connectivity index (χ2v) is 7.61. The molecule has 8 nitrogen and oxygen atoms in total. The molecule has 0 unspecified atom stereocenters. The summed E-state index contributed by atoms with van der Waals surface area (Å²) in [6.07, 6.45) is 10.1. The summed E-state index contributed by atoms with van der Waals surface area (Å²) in [6, 6.07) is 10.8. The second-order valence-electron chi connectivity index (χ2n) is 7.61. The molecule has 0 aliphatic carbocycles. The Kier molecular flexibility index (Phi) is 11.4. The van der Waals surface area contributed by atoms with Crippen LogP contribution in [-0.4, -0.2) is 30.3 Å². The van der Waals surface area contributed by atoms with Gasteiger partial charge in [-0.3, -0.25) is 14.9 Å². The first-order chi connectivity index (χ1) is 16.0. The summed E-state index contributed by atoms with van der Waals surface area (Å²) in [5.74, 6) is 0.863. The topological polar surface area (TPSA) is 103 Å². The summed E-state index contributed by atoms with van der Waals surface area (Å²) >= 11 is 0. The summed E-state index contributed by atoms with van der Waals surface area (Å²) in [6.45, 7) is 5.28. The van der Waals surface area contributed by atoms with Crippen LogP contribution in [-0.2, 0) is 0 Å². The molecule has 8 heteroatoms.